The molecular formula is C15H20N4O2. The van der Waals surface area contributed by atoms with Crippen LogP contribution in [0.5, 0.6) is 5.75 Å². The molecule has 0 aliphatic rings. The highest BCUT2D eigenvalue weighted by Crippen LogP contribution is 2.28. The van der Waals surface area contributed by atoms with Crippen LogP contribution in [-0.4, -0.2) is 36.2 Å². The third kappa shape index (κ3) is 3.16. The van der Waals surface area contributed by atoms with Crippen molar-refractivity contribution in [2.75, 3.05) is 19.1 Å². The summed E-state index contributed by atoms with van der Waals surface area (Å²) >= 11 is 0. The molecule has 1 aromatic heterocycles. The number of ether oxygens (including phenoxy) is 1. The molecule has 0 bridgehead atoms. The third-order valence-corrected chi connectivity index (χ3v) is 3.58. The Labute approximate surface area is 123 Å². The Bertz CT molecular complexity index is 657. The van der Waals surface area contributed by atoms with Crippen molar-refractivity contribution >= 4 is 22.4 Å². The zero-order valence-electron chi connectivity index (χ0n) is 12.4. The quantitative estimate of drug-likeness (QED) is 0.381. The van der Waals surface area contributed by atoms with Crippen molar-refractivity contribution in [1.29, 1.82) is 0 Å². The molecule has 2 aromatic rings. The molecule has 0 aliphatic carbocycles. The molecule has 0 spiro atoms. The number of benzene rings is 1. The van der Waals surface area contributed by atoms with Crippen LogP contribution in [0.1, 0.15) is 13.3 Å². The smallest absolute Gasteiger partial charge is 0.141 e. The molecule has 3 N–H and O–H groups in total. The van der Waals surface area contributed by atoms with E-state index in [1.807, 2.05) is 43.1 Å². The van der Waals surface area contributed by atoms with Crippen molar-refractivity contribution < 1.29 is 9.94 Å². The average Bonchev–Trinajstić information content (AvgIpc) is 2.52. The molecule has 2 rings (SSSR count). The third-order valence-electron chi connectivity index (χ3n) is 3.58. The molecule has 1 atom stereocenters. The molecule has 1 aromatic carbocycles. The Balaban J connectivity index is 2.40. The van der Waals surface area contributed by atoms with Gasteiger partial charge < -0.3 is 20.6 Å². The van der Waals surface area contributed by atoms with Crippen LogP contribution in [0.25, 0.3) is 10.8 Å². The summed E-state index contributed by atoms with van der Waals surface area (Å²) < 4.78 is 5.28. The monoisotopic (exact) mass is 288 g/mol. The fourth-order valence-corrected chi connectivity index (χ4v) is 2.23. The number of fused-ring (bicyclic) bond motifs is 1. The summed E-state index contributed by atoms with van der Waals surface area (Å²) in [5, 5.41) is 13.8. The molecule has 0 amide bonds. The minimum Gasteiger partial charge on any atom is -0.497 e. The van der Waals surface area contributed by atoms with Gasteiger partial charge in [-0.15, -0.1) is 0 Å². The summed E-state index contributed by atoms with van der Waals surface area (Å²) in [5.41, 5.74) is 5.58. The molecule has 6 heteroatoms. The van der Waals surface area contributed by atoms with Gasteiger partial charge in [0.1, 0.15) is 17.4 Å². The van der Waals surface area contributed by atoms with E-state index in [1.165, 1.54) is 0 Å². The zero-order valence-corrected chi connectivity index (χ0v) is 12.4. The van der Waals surface area contributed by atoms with E-state index in [2.05, 4.69) is 10.1 Å². The maximum atomic E-state index is 8.69. The maximum Gasteiger partial charge on any atom is 0.141 e. The minimum absolute atomic E-state index is 0.0465. The molecule has 1 unspecified atom stereocenters. The molecule has 0 radical (unpaired) electrons. The van der Waals surface area contributed by atoms with Gasteiger partial charge in [0.25, 0.3) is 0 Å². The standard InChI is InChI=1S/C15H20N4O2/c1-10(8-14(16)18-20)19(2)15-13-9-12(21-3)5-4-11(13)6-7-17-15/h4-7,9-10,20H,8H2,1-3H3,(H2,16,18). The fraction of sp³-hybridized carbons (Fsp3) is 0.333. The number of pyridine rings is 1. The second kappa shape index (κ2) is 6.30. The molecule has 21 heavy (non-hydrogen) atoms. The summed E-state index contributed by atoms with van der Waals surface area (Å²) in [5.74, 6) is 1.83. The number of hydrogen-bond acceptors (Lipinski definition) is 5. The number of oxime groups is 1. The van der Waals surface area contributed by atoms with Gasteiger partial charge in [0.05, 0.1) is 7.11 Å². The van der Waals surface area contributed by atoms with Crippen LogP contribution in [0.4, 0.5) is 5.82 Å². The van der Waals surface area contributed by atoms with Crippen LogP contribution in [0, 0.1) is 0 Å². The molecule has 1 heterocycles. The number of methoxy groups -OCH3 is 1. The van der Waals surface area contributed by atoms with Gasteiger partial charge in [-0.25, -0.2) is 4.98 Å². The van der Waals surface area contributed by atoms with Gasteiger partial charge in [-0.05, 0) is 30.5 Å². The number of rotatable bonds is 5. The Morgan fingerprint density at radius 1 is 1.48 bits per heavy atom. The summed E-state index contributed by atoms with van der Waals surface area (Å²) in [7, 11) is 3.58. The second-order valence-corrected chi connectivity index (χ2v) is 4.98. The van der Waals surface area contributed by atoms with Gasteiger partial charge in [0.15, 0.2) is 0 Å². The Hall–Kier alpha value is -2.50. The summed E-state index contributed by atoms with van der Waals surface area (Å²) in [4.78, 5) is 6.48. The molecule has 0 aliphatic heterocycles. The first-order chi connectivity index (χ1) is 10.1. The summed E-state index contributed by atoms with van der Waals surface area (Å²) in [6, 6.07) is 7.89. The van der Waals surface area contributed by atoms with E-state index in [0.29, 0.717) is 6.42 Å². The number of nitrogens with two attached hydrogens (primary N) is 1. The predicted molar refractivity (Wildman–Crippen MR) is 84.2 cm³/mol. The topological polar surface area (TPSA) is 84.0 Å². The highest BCUT2D eigenvalue weighted by atomic mass is 16.5. The lowest BCUT2D eigenvalue weighted by atomic mass is 10.1. The van der Waals surface area contributed by atoms with E-state index in [4.69, 9.17) is 15.7 Å². The van der Waals surface area contributed by atoms with Crippen LogP contribution in [0.15, 0.2) is 35.6 Å². The van der Waals surface area contributed by atoms with Crippen LogP contribution in [0.3, 0.4) is 0 Å². The van der Waals surface area contributed by atoms with Gasteiger partial charge in [-0.1, -0.05) is 11.2 Å². The normalized spacial score (nSPS) is 13.2. The van der Waals surface area contributed by atoms with E-state index in [1.54, 1.807) is 13.3 Å². The van der Waals surface area contributed by atoms with E-state index in [0.717, 1.165) is 22.3 Å². The van der Waals surface area contributed by atoms with Crippen LogP contribution in [-0.2, 0) is 0 Å². The van der Waals surface area contributed by atoms with Crippen molar-refractivity contribution in [2.45, 2.75) is 19.4 Å². The zero-order chi connectivity index (χ0) is 15.4. The predicted octanol–water partition coefficient (Wildman–Crippen LogP) is 2.20. The summed E-state index contributed by atoms with van der Waals surface area (Å²) in [6.45, 7) is 2.00. The fourth-order valence-electron chi connectivity index (χ4n) is 2.23. The largest absolute Gasteiger partial charge is 0.497 e. The van der Waals surface area contributed by atoms with E-state index >= 15 is 0 Å². The number of anilines is 1. The number of amidine groups is 1. The van der Waals surface area contributed by atoms with Crippen LogP contribution < -0.4 is 15.4 Å². The molecular weight excluding hydrogens is 268 g/mol. The van der Waals surface area contributed by atoms with Gasteiger partial charge in [0.2, 0.25) is 0 Å². The van der Waals surface area contributed by atoms with Crippen molar-refractivity contribution in [3.8, 4) is 5.75 Å². The first kappa shape index (κ1) is 14.9. The lowest BCUT2D eigenvalue weighted by molar-refractivity contribution is 0.316. The molecule has 6 nitrogen and oxygen atoms in total. The maximum absolute atomic E-state index is 8.69. The number of aromatic nitrogens is 1. The van der Waals surface area contributed by atoms with Crippen LogP contribution in [0.2, 0.25) is 0 Å². The van der Waals surface area contributed by atoms with E-state index < -0.39 is 0 Å². The number of nitrogens with zero attached hydrogens (tertiary/aromatic N) is 3. The molecule has 112 valence electrons. The van der Waals surface area contributed by atoms with Crippen molar-refractivity contribution in [1.82, 2.24) is 4.98 Å². The number of hydrogen-bond donors (Lipinski definition) is 2. The highest BCUT2D eigenvalue weighted by Gasteiger charge is 2.16. The lowest BCUT2D eigenvalue weighted by Gasteiger charge is -2.26. The van der Waals surface area contributed by atoms with E-state index in [-0.39, 0.29) is 11.9 Å². The van der Waals surface area contributed by atoms with Gasteiger partial charge >= 0.3 is 0 Å². The average molecular weight is 288 g/mol. The van der Waals surface area contributed by atoms with Crippen molar-refractivity contribution in [3.05, 3.63) is 30.5 Å². The van der Waals surface area contributed by atoms with E-state index in [9.17, 15) is 0 Å². The first-order valence-electron chi connectivity index (χ1n) is 6.68. The van der Waals surface area contributed by atoms with Gasteiger partial charge in [-0.2, -0.15) is 0 Å². The van der Waals surface area contributed by atoms with Crippen LogP contribution >= 0.6 is 0 Å². The molecule has 0 saturated heterocycles. The van der Waals surface area contributed by atoms with Crippen molar-refractivity contribution in [2.24, 2.45) is 10.9 Å². The summed E-state index contributed by atoms with van der Waals surface area (Å²) in [6.07, 6.45) is 2.23. The second-order valence-electron chi connectivity index (χ2n) is 4.98. The molecule has 0 fully saturated rings. The minimum atomic E-state index is 0.0465. The van der Waals surface area contributed by atoms with Gasteiger partial charge in [0, 0.05) is 31.1 Å². The van der Waals surface area contributed by atoms with Gasteiger partial charge in [-0.3, -0.25) is 0 Å². The SMILES string of the molecule is COc1ccc2ccnc(N(C)C(C)C/C(N)=N/O)c2c1. The first-order valence-corrected chi connectivity index (χ1v) is 6.68. The highest BCUT2D eigenvalue weighted by molar-refractivity contribution is 5.93. The Morgan fingerprint density at radius 2 is 2.24 bits per heavy atom. The molecule has 0 saturated carbocycles. The van der Waals surface area contributed by atoms with Crippen molar-refractivity contribution in [3.63, 3.8) is 0 Å². The Morgan fingerprint density at radius 3 is 2.90 bits per heavy atom. The Kier molecular flexibility index (Phi) is 4.47. The lowest BCUT2D eigenvalue weighted by Crippen LogP contribution is -2.33.